The summed E-state index contributed by atoms with van der Waals surface area (Å²) in [5, 5.41) is 2.37. The van der Waals surface area contributed by atoms with E-state index in [2.05, 4.69) is 5.32 Å². The van der Waals surface area contributed by atoms with Gasteiger partial charge in [0.2, 0.25) is 5.91 Å². The zero-order valence-electron chi connectivity index (χ0n) is 10.1. The average molecular weight is 257 g/mol. The number of anilines is 1. The van der Waals surface area contributed by atoms with E-state index in [0.717, 1.165) is 6.07 Å². The Bertz CT molecular complexity index is 480. The van der Waals surface area contributed by atoms with E-state index in [9.17, 15) is 18.0 Å². The molecule has 0 saturated carbocycles. The summed E-state index contributed by atoms with van der Waals surface area (Å²) in [6.45, 7) is 3.89. The normalized spacial score (nSPS) is 19.0. The molecule has 5 heteroatoms. The molecule has 1 aromatic carbocycles. The van der Waals surface area contributed by atoms with Crippen molar-refractivity contribution >= 4 is 11.6 Å². The maximum atomic E-state index is 12.8. The van der Waals surface area contributed by atoms with Crippen LogP contribution in [0.5, 0.6) is 0 Å². The molecule has 98 valence electrons. The van der Waals surface area contributed by atoms with E-state index in [-0.39, 0.29) is 17.5 Å². The van der Waals surface area contributed by atoms with Crippen molar-refractivity contribution in [2.45, 2.75) is 32.4 Å². The van der Waals surface area contributed by atoms with E-state index < -0.39 is 17.7 Å². The summed E-state index contributed by atoms with van der Waals surface area (Å²) in [6, 6.07) is 3.95. The molecule has 0 aromatic heterocycles. The second-order valence-electron chi connectivity index (χ2n) is 4.94. The van der Waals surface area contributed by atoms with Crippen LogP contribution in [0.1, 0.15) is 37.3 Å². The predicted molar refractivity (Wildman–Crippen MR) is 62.3 cm³/mol. The van der Waals surface area contributed by atoms with Crippen LogP contribution in [-0.2, 0) is 11.0 Å². The van der Waals surface area contributed by atoms with Crippen molar-refractivity contribution in [3.05, 3.63) is 29.3 Å². The maximum Gasteiger partial charge on any atom is 0.418 e. The van der Waals surface area contributed by atoms with Crippen molar-refractivity contribution in [1.29, 1.82) is 0 Å². The monoisotopic (exact) mass is 257 g/mol. The molecule has 1 atom stereocenters. The van der Waals surface area contributed by atoms with Gasteiger partial charge in [-0.05, 0) is 24.0 Å². The molecule has 1 heterocycles. The number of para-hydroxylation sites is 1. The zero-order chi connectivity index (χ0) is 13.5. The van der Waals surface area contributed by atoms with Crippen LogP contribution in [-0.4, -0.2) is 5.91 Å². The lowest BCUT2D eigenvalue weighted by atomic mass is 9.90. The lowest BCUT2D eigenvalue weighted by molar-refractivity contribution is -0.136. The highest BCUT2D eigenvalue weighted by Crippen LogP contribution is 2.44. The Labute approximate surface area is 103 Å². The SMILES string of the molecule is CC(C)CC1C(=O)Nc2c1cccc2C(F)(F)F. The second-order valence-corrected chi connectivity index (χ2v) is 4.94. The lowest BCUT2D eigenvalue weighted by Crippen LogP contribution is -2.14. The molecular weight excluding hydrogens is 243 g/mol. The van der Waals surface area contributed by atoms with Crippen LogP contribution in [0.15, 0.2) is 18.2 Å². The minimum absolute atomic E-state index is 0.0688. The number of alkyl halides is 3. The van der Waals surface area contributed by atoms with Crippen LogP contribution in [0, 0.1) is 5.92 Å². The van der Waals surface area contributed by atoms with Crippen LogP contribution in [0.4, 0.5) is 18.9 Å². The third-order valence-corrected chi connectivity index (χ3v) is 3.05. The highest BCUT2D eigenvalue weighted by Gasteiger charge is 2.40. The van der Waals surface area contributed by atoms with Gasteiger partial charge in [-0.15, -0.1) is 0 Å². The first-order valence-electron chi connectivity index (χ1n) is 5.81. The van der Waals surface area contributed by atoms with E-state index in [0.29, 0.717) is 12.0 Å². The van der Waals surface area contributed by atoms with Gasteiger partial charge in [-0.25, -0.2) is 0 Å². The lowest BCUT2D eigenvalue weighted by Gasteiger charge is -2.13. The molecule has 0 fully saturated rings. The van der Waals surface area contributed by atoms with Crippen molar-refractivity contribution < 1.29 is 18.0 Å². The molecule has 1 aromatic rings. The number of fused-ring (bicyclic) bond motifs is 1. The summed E-state index contributed by atoms with van der Waals surface area (Å²) < 4.78 is 38.4. The average Bonchev–Trinajstić information content (AvgIpc) is 2.53. The second kappa shape index (κ2) is 4.30. The van der Waals surface area contributed by atoms with E-state index in [1.807, 2.05) is 13.8 Å². The smallest absolute Gasteiger partial charge is 0.325 e. The van der Waals surface area contributed by atoms with Crippen LogP contribution in [0.3, 0.4) is 0 Å². The summed E-state index contributed by atoms with van der Waals surface area (Å²) in [6.07, 6.45) is -3.88. The molecule has 1 aliphatic rings. The first kappa shape index (κ1) is 12.9. The predicted octanol–water partition coefficient (Wildman–Crippen LogP) is 3.79. The third kappa shape index (κ3) is 2.21. The largest absolute Gasteiger partial charge is 0.418 e. The van der Waals surface area contributed by atoms with E-state index in [1.165, 1.54) is 6.07 Å². The number of amides is 1. The van der Waals surface area contributed by atoms with Gasteiger partial charge in [-0.2, -0.15) is 13.2 Å². The fourth-order valence-electron chi connectivity index (χ4n) is 2.29. The molecule has 2 rings (SSSR count). The topological polar surface area (TPSA) is 29.1 Å². The summed E-state index contributed by atoms with van der Waals surface area (Å²) >= 11 is 0. The Morgan fingerprint density at radius 1 is 1.33 bits per heavy atom. The Kier molecular flexibility index (Phi) is 3.09. The van der Waals surface area contributed by atoms with Crippen molar-refractivity contribution in [2.24, 2.45) is 5.92 Å². The van der Waals surface area contributed by atoms with Gasteiger partial charge in [0, 0.05) is 0 Å². The number of nitrogens with one attached hydrogen (secondary N) is 1. The number of carbonyl (C=O) groups is 1. The molecule has 18 heavy (non-hydrogen) atoms. The van der Waals surface area contributed by atoms with Gasteiger partial charge in [0.1, 0.15) is 0 Å². The molecule has 0 spiro atoms. The number of hydrogen-bond donors (Lipinski definition) is 1. The number of hydrogen-bond acceptors (Lipinski definition) is 1. The van der Waals surface area contributed by atoms with Gasteiger partial charge >= 0.3 is 6.18 Å². The Morgan fingerprint density at radius 2 is 2.00 bits per heavy atom. The van der Waals surface area contributed by atoms with Crippen molar-refractivity contribution in [1.82, 2.24) is 0 Å². The van der Waals surface area contributed by atoms with Crippen molar-refractivity contribution in [3.8, 4) is 0 Å². The highest BCUT2D eigenvalue weighted by atomic mass is 19.4. The van der Waals surface area contributed by atoms with Gasteiger partial charge in [0.15, 0.2) is 0 Å². The number of carbonyl (C=O) groups excluding carboxylic acids is 1. The van der Waals surface area contributed by atoms with Gasteiger partial charge in [0.25, 0.3) is 0 Å². The third-order valence-electron chi connectivity index (χ3n) is 3.05. The summed E-state index contributed by atoms with van der Waals surface area (Å²) in [5.41, 5.74) is -0.371. The van der Waals surface area contributed by atoms with Crippen LogP contribution in [0.2, 0.25) is 0 Å². The standard InChI is InChI=1S/C13H14F3NO/c1-7(2)6-9-8-4-3-5-10(13(14,15)16)11(8)17-12(9)18/h3-5,7,9H,6H2,1-2H3,(H,17,18). The Hall–Kier alpha value is -1.52. The van der Waals surface area contributed by atoms with Crippen LogP contribution >= 0.6 is 0 Å². The van der Waals surface area contributed by atoms with E-state index in [1.54, 1.807) is 6.07 Å². The number of halogens is 3. The minimum Gasteiger partial charge on any atom is -0.325 e. The Balaban J connectivity index is 2.46. The molecule has 0 radical (unpaired) electrons. The van der Waals surface area contributed by atoms with Crippen molar-refractivity contribution in [3.63, 3.8) is 0 Å². The molecule has 1 amide bonds. The fraction of sp³-hybridized carbons (Fsp3) is 0.462. The summed E-state index contributed by atoms with van der Waals surface area (Å²) in [5.74, 6) is -0.557. The van der Waals surface area contributed by atoms with Gasteiger partial charge in [-0.3, -0.25) is 4.79 Å². The molecular formula is C13H14F3NO. The van der Waals surface area contributed by atoms with Gasteiger partial charge in [-0.1, -0.05) is 26.0 Å². The molecule has 0 aliphatic carbocycles. The Morgan fingerprint density at radius 3 is 2.56 bits per heavy atom. The quantitative estimate of drug-likeness (QED) is 0.858. The number of benzene rings is 1. The first-order chi connectivity index (χ1) is 8.30. The fourth-order valence-corrected chi connectivity index (χ4v) is 2.29. The molecule has 0 bridgehead atoms. The van der Waals surface area contributed by atoms with E-state index in [4.69, 9.17) is 0 Å². The summed E-state index contributed by atoms with van der Waals surface area (Å²) in [7, 11) is 0. The number of rotatable bonds is 2. The summed E-state index contributed by atoms with van der Waals surface area (Å²) in [4.78, 5) is 11.8. The zero-order valence-corrected chi connectivity index (χ0v) is 10.1. The van der Waals surface area contributed by atoms with Crippen LogP contribution < -0.4 is 5.32 Å². The van der Waals surface area contributed by atoms with Gasteiger partial charge in [0.05, 0.1) is 17.2 Å². The van der Waals surface area contributed by atoms with Gasteiger partial charge < -0.3 is 5.32 Å². The highest BCUT2D eigenvalue weighted by molar-refractivity contribution is 6.03. The molecule has 2 nitrogen and oxygen atoms in total. The van der Waals surface area contributed by atoms with Crippen LogP contribution in [0.25, 0.3) is 0 Å². The molecule has 1 N–H and O–H groups in total. The molecule has 1 unspecified atom stereocenters. The minimum atomic E-state index is -4.44. The molecule has 1 aliphatic heterocycles. The first-order valence-corrected chi connectivity index (χ1v) is 5.81. The molecule has 0 saturated heterocycles. The maximum absolute atomic E-state index is 12.8. The van der Waals surface area contributed by atoms with Crippen molar-refractivity contribution in [2.75, 3.05) is 5.32 Å². The van der Waals surface area contributed by atoms with E-state index >= 15 is 0 Å².